The number of hydrogen-bond acceptors (Lipinski definition) is 3. The number of nitrogens with zero attached hydrogens (tertiary/aromatic N) is 1. The molecule has 7 heteroatoms. The van der Waals surface area contributed by atoms with Crippen molar-refractivity contribution in [3.05, 3.63) is 17.3 Å². The molecule has 20 heavy (non-hydrogen) atoms. The minimum atomic E-state index is -4.31. The number of hydrogen-bond donors (Lipinski definition) is 1. The van der Waals surface area contributed by atoms with Crippen molar-refractivity contribution in [3.63, 3.8) is 0 Å². The molecule has 1 aliphatic rings. The van der Waals surface area contributed by atoms with E-state index in [1.165, 1.54) is 0 Å². The maximum atomic E-state index is 13.0. The van der Waals surface area contributed by atoms with E-state index in [2.05, 4.69) is 4.98 Å². The molecule has 1 saturated carbocycles. The van der Waals surface area contributed by atoms with Crippen LogP contribution in [0.1, 0.15) is 60.7 Å². The van der Waals surface area contributed by atoms with E-state index in [4.69, 9.17) is 9.52 Å². The van der Waals surface area contributed by atoms with Gasteiger partial charge in [0.1, 0.15) is 0 Å². The van der Waals surface area contributed by atoms with E-state index in [0.717, 1.165) is 0 Å². The molecule has 2 rings (SSSR count). The summed E-state index contributed by atoms with van der Waals surface area (Å²) in [6.45, 7) is 1.69. The predicted octanol–water partition coefficient (Wildman–Crippen LogP) is 3.77. The van der Waals surface area contributed by atoms with Crippen molar-refractivity contribution in [2.45, 2.75) is 51.1 Å². The van der Waals surface area contributed by atoms with Crippen LogP contribution in [0.2, 0.25) is 0 Å². The van der Waals surface area contributed by atoms with Crippen LogP contribution < -0.4 is 0 Å². The average molecular weight is 291 g/mol. The Morgan fingerprint density at radius 3 is 2.55 bits per heavy atom. The topological polar surface area (TPSA) is 63.3 Å². The third kappa shape index (κ3) is 2.81. The van der Waals surface area contributed by atoms with Crippen LogP contribution in [-0.4, -0.2) is 22.2 Å². The van der Waals surface area contributed by atoms with Crippen molar-refractivity contribution in [1.29, 1.82) is 0 Å². The normalized spacial score (nSPS) is 23.8. The lowest BCUT2D eigenvalue weighted by Crippen LogP contribution is -2.31. The number of halogens is 3. The molecule has 1 aromatic heterocycles. The lowest BCUT2D eigenvalue weighted by molar-refractivity contribution is -0.188. The van der Waals surface area contributed by atoms with Crippen molar-refractivity contribution >= 4 is 5.97 Å². The second-order valence-electron chi connectivity index (χ2n) is 5.03. The molecule has 1 aromatic rings. The molecule has 0 aliphatic heterocycles. The van der Waals surface area contributed by atoms with Crippen LogP contribution in [0.3, 0.4) is 0 Å². The van der Waals surface area contributed by atoms with Gasteiger partial charge in [0.25, 0.3) is 0 Å². The number of carboxylic acids is 1. The Labute approximate surface area is 114 Å². The second kappa shape index (κ2) is 5.46. The van der Waals surface area contributed by atoms with Crippen molar-refractivity contribution < 1.29 is 27.5 Å². The number of carboxylic acid groups (broad SMARTS) is 1. The summed E-state index contributed by atoms with van der Waals surface area (Å²) in [7, 11) is 0. The standard InChI is InChI=1S/C13H16F3NO3/c1-2-9-10(12(18)19)20-11(17-9)7-5-3-4-6-8(7)13(14,15)16/h7-8H,2-6H2,1H3,(H,18,19). The van der Waals surface area contributed by atoms with Crippen LogP contribution in [0.4, 0.5) is 13.2 Å². The van der Waals surface area contributed by atoms with E-state index >= 15 is 0 Å². The summed E-state index contributed by atoms with van der Waals surface area (Å²) in [5, 5.41) is 8.98. The summed E-state index contributed by atoms with van der Waals surface area (Å²) in [5.41, 5.74) is 0.207. The highest BCUT2D eigenvalue weighted by atomic mass is 19.4. The van der Waals surface area contributed by atoms with Gasteiger partial charge in [0.2, 0.25) is 5.76 Å². The maximum absolute atomic E-state index is 13.0. The number of rotatable bonds is 3. The Kier molecular flexibility index (Phi) is 4.06. The van der Waals surface area contributed by atoms with E-state index in [9.17, 15) is 18.0 Å². The number of aromatic nitrogens is 1. The molecular weight excluding hydrogens is 275 g/mol. The summed E-state index contributed by atoms with van der Waals surface area (Å²) >= 11 is 0. The minimum absolute atomic E-state index is 0.0421. The molecule has 112 valence electrons. The van der Waals surface area contributed by atoms with Crippen LogP contribution >= 0.6 is 0 Å². The molecular formula is C13H16F3NO3. The number of carbonyl (C=O) groups is 1. The molecule has 1 heterocycles. The lowest BCUT2D eigenvalue weighted by Gasteiger charge is -2.30. The summed E-state index contributed by atoms with van der Waals surface area (Å²) in [6, 6.07) is 0. The first-order chi connectivity index (χ1) is 9.34. The molecule has 1 fully saturated rings. The van der Waals surface area contributed by atoms with Gasteiger partial charge >= 0.3 is 12.1 Å². The molecule has 4 nitrogen and oxygen atoms in total. The molecule has 0 amide bonds. The second-order valence-corrected chi connectivity index (χ2v) is 5.03. The van der Waals surface area contributed by atoms with Crippen LogP contribution in [0, 0.1) is 5.92 Å². The van der Waals surface area contributed by atoms with E-state index in [1.807, 2.05) is 0 Å². The smallest absolute Gasteiger partial charge is 0.392 e. The monoisotopic (exact) mass is 291 g/mol. The molecule has 2 unspecified atom stereocenters. The lowest BCUT2D eigenvalue weighted by atomic mass is 9.78. The highest BCUT2D eigenvalue weighted by Crippen LogP contribution is 2.46. The van der Waals surface area contributed by atoms with E-state index in [0.29, 0.717) is 25.7 Å². The first-order valence-corrected chi connectivity index (χ1v) is 6.64. The summed E-state index contributed by atoms with van der Waals surface area (Å²) < 4.78 is 44.2. The van der Waals surface area contributed by atoms with Gasteiger partial charge < -0.3 is 9.52 Å². The molecule has 0 radical (unpaired) electrons. The molecule has 0 saturated heterocycles. The number of aromatic carboxylic acids is 1. The van der Waals surface area contributed by atoms with Gasteiger partial charge in [0.15, 0.2) is 5.89 Å². The molecule has 0 aromatic carbocycles. The predicted molar refractivity (Wildman–Crippen MR) is 63.6 cm³/mol. The highest BCUT2D eigenvalue weighted by Gasteiger charge is 2.47. The van der Waals surface area contributed by atoms with Gasteiger partial charge in [-0.05, 0) is 19.3 Å². The van der Waals surface area contributed by atoms with Crippen molar-refractivity contribution in [3.8, 4) is 0 Å². The molecule has 0 bridgehead atoms. The molecule has 1 N–H and O–H groups in total. The maximum Gasteiger partial charge on any atom is 0.392 e. The minimum Gasteiger partial charge on any atom is -0.475 e. The van der Waals surface area contributed by atoms with Gasteiger partial charge in [-0.2, -0.15) is 13.2 Å². The third-order valence-corrected chi connectivity index (χ3v) is 3.75. The van der Waals surface area contributed by atoms with Crippen molar-refractivity contribution in [1.82, 2.24) is 4.98 Å². The van der Waals surface area contributed by atoms with Crippen molar-refractivity contribution in [2.24, 2.45) is 5.92 Å². The first-order valence-electron chi connectivity index (χ1n) is 6.64. The van der Waals surface area contributed by atoms with Crippen LogP contribution in [-0.2, 0) is 6.42 Å². The van der Waals surface area contributed by atoms with E-state index in [1.54, 1.807) is 6.92 Å². The van der Waals surface area contributed by atoms with Gasteiger partial charge in [-0.15, -0.1) is 0 Å². The SMILES string of the molecule is CCc1nc(C2CCCCC2C(F)(F)F)oc1C(=O)O. The fraction of sp³-hybridized carbons (Fsp3) is 0.692. The fourth-order valence-electron chi connectivity index (χ4n) is 2.75. The number of alkyl halides is 3. The van der Waals surface area contributed by atoms with Gasteiger partial charge in [0.05, 0.1) is 11.6 Å². The van der Waals surface area contributed by atoms with Crippen LogP contribution in [0.15, 0.2) is 4.42 Å². The van der Waals surface area contributed by atoms with Crippen LogP contribution in [0.5, 0.6) is 0 Å². The van der Waals surface area contributed by atoms with Gasteiger partial charge in [-0.25, -0.2) is 9.78 Å². The van der Waals surface area contributed by atoms with Crippen LogP contribution in [0.25, 0.3) is 0 Å². The average Bonchev–Trinajstić information content (AvgIpc) is 2.82. The van der Waals surface area contributed by atoms with Gasteiger partial charge in [-0.1, -0.05) is 19.8 Å². The fourth-order valence-corrected chi connectivity index (χ4v) is 2.75. The summed E-state index contributed by atoms with van der Waals surface area (Å²) in [4.78, 5) is 15.0. The summed E-state index contributed by atoms with van der Waals surface area (Å²) in [6.07, 6.45) is -2.44. The zero-order valence-electron chi connectivity index (χ0n) is 11.0. The Morgan fingerprint density at radius 2 is 2.05 bits per heavy atom. The zero-order chi connectivity index (χ0) is 14.9. The van der Waals surface area contributed by atoms with Crippen molar-refractivity contribution in [2.75, 3.05) is 0 Å². The molecule has 1 aliphatic carbocycles. The first kappa shape index (κ1) is 14.9. The largest absolute Gasteiger partial charge is 0.475 e. The van der Waals surface area contributed by atoms with Gasteiger partial charge in [-0.3, -0.25) is 0 Å². The molecule has 0 spiro atoms. The Balaban J connectivity index is 2.35. The Bertz CT molecular complexity index is 496. The Morgan fingerprint density at radius 1 is 1.40 bits per heavy atom. The van der Waals surface area contributed by atoms with E-state index < -0.39 is 24.0 Å². The number of aryl methyl sites for hydroxylation is 1. The quantitative estimate of drug-likeness (QED) is 0.920. The molecule has 2 atom stereocenters. The third-order valence-electron chi connectivity index (χ3n) is 3.75. The summed E-state index contributed by atoms with van der Waals surface area (Å²) in [5.74, 6) is -4.08. The highest BCUT2D eigenvalue weighted by molar-refractivity contribution is 5.85. The number of oxazole rings is 1. The van der Waals surface area contributed by atoms with E-state index in [-0.39, 0.29) is 23.8 Å². The van der Waals surface area contributed by atoms with Gasteiger partial charge in [0, 0.05) is 5.92 Å². The zero-order valence-corrected chi connectivity index (χ0v) is 11.0. The Hall–Kier alpha value is -1.53.